The van der Waals surface area contributed by atoms with Crippen molar-refractivity contribution in [1.29, 1.82) is 0 Å². The number of benzene rings is 1. The monoisotopic (exact) mass is 518 g/mol. The number of aromatic nitrogens is 5. The number of halogens is 1. The Morgan fingerprint density at radius 1 is 1.16 bits per heavy atom. The van der Waals surface area contributed by atoms with Gasteiger partial charge in [0.1, 0.15) is 5.82 Å². The lowest BCUT2D eigenvalue weighted by Crippen LogP contribution is -2.15. The van der Waals surface area contributed by atoms with Crippen LogP contribution >= 0.6 is 39.5 Å². The zero-order valence-corrected chi connectivity index (χ0v) is 20.8. The molecule has 0 saturated carbocycles. The van der Waals surface area contributed by atoms with Crippen LogP contribution in [0.1, 0.15) is 22.8 Å². The average molecular weight is 519 g/mol. The fourth-order valence-electron chi connectivity index (χ4n) is 2.78. The molecule has 0 unspecified atom stereocenters. The number of thioether (sulfide) groups is 2. The van der Waals surface area contributed by atoms with Crippen molar-refractivity contribution in [2.45, 2.75) is 43.4 Å². The fourth-order valence-corrected chi connectivity index (χ4v) is 4.68. The van der Waals surface area contributed by atoms with Crippen molar-refractivity contribution in [2.75, 3.05) is 11.1 Å². The molecule has 3 aromatic rings. The van der Waals surface area contributed by atoms with Crippen molar-refractivity contribution >= 4 is 51.0 Å². The van der Waals surface area contributed by atoms with Crippen LogP contribution in [0.25, 0.3) is 0 Å². The number of rotatable bonds is 9. The van der Waals surface area contributed by atoms with E-state index in [4.69, 9.17) is 0 Å². The molecule has 0 radical (unpaired) electrons. The molecule has 2 aromatic heterocycles. The molecule has 162 valence electrons. The van der Waals surface area contributed by atoms with Crippen molar-refractivity contribution in [3.8, 4) is 0 Å². The lowest BCUT2D eigenvalue weighted by Gasteiger charge is -2.09. The number of nitrogens with one attached hydrogen (secondary N) is 1. The second-order valence-corrected chi connectivity index (χ2v) is 9.56. The minimum atomic E-state index is -0.0977. The van der Waals surface area contributed by atoms with Crippen molar-refractivity contribution in [1.82, 2.24) is 24.7 Å². The van der Waals surface area contributed by atoms with Gasteiger partial charge < -0.3 is 9.88 Å². The Morgan fingerprint density at radius 3 is 2.58 bits per heavy atom. The first kappa shape index (κ1) is 23.5. The van der Waals surface area contributed by atoms with Gasteiger partial charge in [-0.05, 0) is 50.6 Å². The lowest BCUT2D eigenvalue weighted by atomic mass is 10.2. The molecule has 0 spiro atoms. The summed E-state index contributed by atoms with van der Waals surface area (Å²) in [5, 5.41) is 12.9. The van der Waals surface area contributed by atoms with E-state index in [1.54, 1.807) is 6.08 Å². The maximum Gasteiger partial charge on any atom is 0.234 e. The first-order valence-electron chi connectivity index (χ1n) is 9.52. The Kier molecular flexibility index (Phi) is 8.28. The van der Waals surface area contributed by atoms with E-state index in [0.717, 1.165) is 32.9 Å². The van der Waals surface area contributed by atoms with Gasteiger partial charge in [0.25, 0.3) is 0 Å². The van der Waals surface area contributed by atoms with Crippen molar-refractivity contribution in [3.05, 3.63) is 64.2 Å². The largest absolute Gasteiger partial charge is 0.325 e. The molecule has 0 aliphatic carbocycles. The second-order valence-electron chi connectivity index (χ2n) is 6.82. The summed E-state index contributed by atoms with van der Waals surface area (Å²) in [7, 11) is 0. The van der Waals surface area contributed by atoms with Gasteiger partial charge in [-0.25, -0.2) is 9.97 Å². The predicted molar refractivity (Wildman–Crippen MR) is 130 cm³/mol. The number of carbonyl (C=O) groups excluding carboxylic acids is 1. The molecular weight excluding hydrogens is 496 g/mol. The predicted octanol–water partition coefficient (Wildman–Crippen LogP) is 4.96. The van der Waals surface area contributed by atoms with Crippen LogP contribution < -0.4 is 5.32 Å². The van der Waals surface area contributed by atoms with E-state index in [1.165, 1.54) is 23.5 Å². The maximum atomic E-state index is 12.4. The van der Waals surface area contributed by atoms with E-state index in [0.29, 0.717) is 22.6 Å². The Balaban J connectivity index is 1.63. The highest BCUT2D eigenvalue weighted by atomic mass is 79.9. The molecule has 1 aromatic carbocycles. The molecular formula is C21H23BrN6OS2. The number of aryl methyl sites for hydroxylation is 3. The molecule has 0 fully saturated rings. The van der Waals surface area contributed by atoms with Gasteiger partial charge in [0.2, 0.25) is 5.91 Å². The average Bonchev–Trinajstić information content (AvgIpc) is 3.09. The Hall–Kier alpha value is -2.17. The third kappa shape index (κ3) is 6.65. The van der Waals surface area contributed by atoms with Crippen LogP contribution in [0.4, 0.5) is 5.69 Å². The Bertz CT molecular complexity index is 1080. The summed E-state index contributed by atoms with van der Waals surface area (Å²) in [5.41, 5.74) is 3.70. The summed E-state index contributed by atoms with van der Waals surface area (Å²) in [6.07, 6.45) is 1.79. The van der Waals surface area contributed by atoms with Crippen LogP contribution in [-0.2, 0) is 17.1 Å². The van der Waals surface area contributed by atoms with Gasteiger partial charge in [-0.2, -0.15) is 0 Å². The summed E-state index contributed by atoms with van der Waals surface area (Å²) in [5.74, 6) is 1.50. The van der Waals surface area contributed by atoms with Crippen molar-refractivity contribution in [2.24, 2.45) is 0 Å². The number of carbonyl (C=O) groups is 1. The highest BCUT2D eigenvalue weighted by Crippen LogP contribution is 2.24. The SMILES string of the molecule is C=CCn1c(CSc2nc(C)cc(C)n2)nnc1SCC(=O)Nc1ccc(Br)c(C)c1. The molecule has 7 nitrogen and oxygen atoms in total. The van der Waals surface area contributed by atoms with Gasteiger partial charge in [-0.3, -0.25) is 4.79 Å². The van der Waals surface area contributed by atoms with Gasteiger partial charge in [0.15, 0.2) is 10.3 Å². The number of hydrogen-bond acceptors (Lipinski definition) is 7. The van der Waals surface area contributed by atoms with E-state index < -0.39 is 0 Å². The van der Waals surface area contributed by atoms with Crippen molar-refractivity contribution in [3.63, 3.8) is 0 Å². The molecule has 0 aliphatic rings. The number of hydrogen-bond donors (Lipinski definition) is 1. The van der Waals surface area contributed by atoms with E-state index >= 15 is 0 Å². The summed E-state index contributed by atoms with van der Waals surface area (Å²) < 4.78 is 2.97. The first-order valence-corrected chi connectivity index (χ1v) is 12.3. The maximum absolute atomic E-state index is 12.4. The van der Waals surface area contributed by atoms with Crippen LogP contribution in [0, 0.1) is 20.8 Å². The smallest absolute Gasteiger partial charge is 0.234 e. The quantitative estimate of drug-likeness (QED) is 0.243. The minimum absolute atomic E-state index is 0.0977. The molecule has 0 aliphatic heterocycles. The molecule has 0 atom stereocenters. The molecule has 0 saturated heterocycles. The number of anilines is 1. The number of allylic oxidation sites excluding steroid dienone is 1. The van der Waals surface area contributed by atoms with Gasteiger partial charge in [0, 0.05) is 28.1 Å². The third-order valence-corrected chi connectivity index (χ3v) is 6.87. The van der Waals surface area contributed by atoms with Crippen LogP contribution in [0.5, 0.6) is 0 Å². The Morgan fingerprint density at radius 2 is 1.90 bits per heavy atom. The van der Waals surface area contributed by atoms with E-state index in [-0.39, 0.29) is 11.7 Å². The van der Waals surface area contributed by atoms with Gasteiger partial charge in [-0.1, -0.05) is 45.5 Å². The zero-order valence-electron chi connectivity index (χ0n) is 17.6. The second kappa shape index (κ2) is 10.9. The van der Waals surface area contributed by atoms with Gasteiger partial charge in [-0.15, -0.1) is 16.8 Å². The molecule has 1 N–H and O–H groups in total. The van der Waals surface area contributed by atoms with E-state index in [2.05, 4.69) is 48.0 Å². The number of nitrogens with zero attached hydrogens (tertiary/aromatic N) is 5. The normalized spacial score (nSPS) is 10.8. The first-order chi connectivity index (χ1) is 14.9. The standard InChI is InChI=1S/C21H23BrN6OS2/c1-5-8-28-18(11-30-20-23-14(3)10-15(4)24-20)26-27-21(28)31-12-19(29)25-16-6-7-17(22)13(2)9-16/h5-7,9-10H,1,8,11-12H2,2-4H3,(H,25,29). The van der Waals surface area contributed by atoms with Crippen LogP contribution in [0.3, 0.4) is 0 Å². The Labute approximate surface area is 198 Å². The molecule has 2 heterocycles. The minimum Gasteiger partial charge on any atom is -0.325 e. The number of amides is 1. The van der Waals surface area contributed by atoms with E-state index in [1.807, 2.05) is 49.6 Å². The van der Waals surface area contributed by atoms with Gasteiger partial charge >= 0.3 is 0 Å². The summed E-state index contributed by atoms with van der Waals surface area (Å²) in [6.45, 7) is 10.3. The molecule has 31 heavy (non-hydrogen) atoms. The molecule has 10 heteroatoms. The van der Waals surface area contributed by atoms with Crippen LogP contribution in [0.15, 0.2) is 51.7 Å². The topological polar surface area (TPSA) is 85.6 Å². The van der Waals surface area contributed by atoms with Crippen LogP contribution in [-0.4, -0.2) is 36.4 Å². The van der Waals surface area contributed by atoms with Gasteiger partial charge in [0.05, 0.1) is 11.5 Å². The molecule has 1 amide bonds. The molecule has 3 rings (SSSR count). The van der Waals surface area contributed by atoms with E-state index in [9.17, 15) is 4.79 Å². The van der Waals surface area contributed by atoms with Crippen molar-refractivity contribution < 1.29 is 4.79 Å². The summed E-state index contributed by atoms with van der Waals surface area (Å²) >= 11 is 6.32. The highest BCUT2D eigenvalue weighted by Gasteiger charge is 2.15. The third-order valence-electron chi connectivity index (χ3n) is 4.17. The summed E-state index contributed by atoms with van der Waals surface area (Å²) in [4.78, 5) is 21.3. The van der Waals surface area contributed by atoms with Crippen LogP contribution in [0.2, 0.25) is 0 Å². The molecule has 0 bridgehead atoms. The lowest BCUT2D eigenvalue weighted by molar-refractivity contribution is -0.113. The fraction of sp³-hybridized carbons (Fsp3) is 0.286. The summed E-state index contributed by atoms with van der Waals surface area (Å²) in [6, 6.07) is 7.66. The highest BCUT2D eigenvalue weighted by molar-refractivity contribution is 9.10. The zero-order chi connectivity index (χ0) is 22.4.